The number of para-hydroxylation sites is 1. The highest BCUT2D eigenvalue weighted by Gasteiger charge is 2.33. The van der Waals surface area contributed by atoms with Gasteiger partial charge in [-0.3, -0.25) is 0 Å². The van der Waals surface area contributed by atoms with Crippen molar-refractivity contribution >= 4 is 11.7 Å². The first-order chi connectivity index (χ1) is 13.2. The number of nitrogens with one attached hydrogen (secondary N) is 1. The van der Waals surface area contributed by atoms with Crippen LogP contribution in [0.3, 0.4) is 0 Å². The summed E-state index contributed by atoms with van der Waals surface area (Å²) < 4.78 is 2.25. The van der Waals surface area contributed by atoms with Gasteiger partial charge in [-0.05, 0) is 48.2 Å². The molecule has 0 fully saturated rings. The summed E-state index contributed by atoms with van der Waals surface area (Å²) >= 11 is 0. The van der Waals surface area contributed by atoms with Crippen LogP contribution in [0.15, 0.2) is 66.9 Å². The molecule has 1 aromatic heterocycles. The van der Waals surface area contributed by atoms with Crippen LogP contribution in [0.4, 0.5) is 10.5 Å². The van der Waals surface area contributed by atoms with E-state index in [2.05, 4.69) is 60.3 Å². The van der Waals surface area contributed by atoms with Gasteiger partial charge >= 0.3 is 6.03 Å². The quantitative estimate of drug-likeness (QED) is 0.702. The molecule has 1 aliphatic heterocycles. The average molecular weight is 359 g/mol. The number of nitrogens with zero attached hydrogens (tertiary/aromatic N) is 2. The van der Waals surface area contributed by atoms with Crippen LogP contribution in [0.25, 0.3) is 0 Å². The van der Waals surface area contributed by atoms with Gasteiger partial charge < -0.3 is 14.8 Å². The van der Waals surface area contributed by atoms with Crippen LogP contribution in [0.5, 0.6) is 0 Å². The molecular weight excluding hydrogens is 334 g/mol. The molecule has 1 N–H and O–H groups in total. The first-order valence-electron chi connectivity index (χ1n) is 9.55. The molecule has 2 heterocycles. The molecular formula is C23H25N3O. The number of aryl methyl sites for hydroxylation is 2. The molecule has 0 unspecified atom stereocenters. The third-order valence-electron chi connectivity index (χ3n) is 5.42. The normalized spacial score (nSPS) is 16.1. The van der Waals surface area contributed by atoms with E-state index in [1.807, 2.05) is 35.2 Å². The summed E-state index contributed by atoms with van der Waals surface area (Å²) in [6.45, 7) is 5.71. The number of benzene rings is 2. The molecule has 138 valence electrons. The Bertz CT molecular complexity index is 960. The van der Waals surface area contributed by atoms with E-state index in [1.165, 1.54) is 11.1 Å². The van der Waals surface area contributed by atoms with E-state index in [4.69, 9.17) is 0 Å². The van der Waals surface area contributed by atoms with Crippen LogP contribution in [-0.2, 0) is 13.0 Å². The van der Waals surface area contributed by atoms with E-state index in [9.17, 15) is 4.79 Å². The van der Waals surface area contributed by atoms with Gasteiger partial charge in [0.25, 0.3) is 0 Å². The lowest BCUT2D eigenvalue weighted by Gasteiger charge is -2.38. The fraction of sp³-hybridized carbons (Fsp3) is 0.261. The number of aromatic nitrogens is 1. The molecule has 4 rings (SSSR count). The highest BCUT2D eigenvalue weighted by atomic mass is 16.2. The van der Waals surface area contributed by atoms with Crippen molar-refractivity contribution in [2.75, 3.05) is 11.9 Å². The molecule has 27 heavy (non-hydrogen) atoms. The Morgan fingerprint density at radius 3 is 2.63 bits per heavy atom. The Balaban J connectivity index is 1.70. The van der Waals surface area contributed by atoms with E-state index in [1.54, 1.807) is 0 Å². The summed E-state index contributed by atoms with van der Waals surface area (Å²) in [5, 5.41) is 3.15. The van der Waals surface area contributed by atoms with Crippen molar-refractivity contribution in [3.8, 4) is 0 Å². The number of fused-ring (bicyclic) bond motifs is 1. The van der Waals surface area contributed by atoms with Crippen LogP contribution < -0.4 is 5.32 Å². The van der Waals surface area contributed by atoms with Crippen LogP contribution in [0, 0.1) is 6.92 Å². The van der Waals surface area contributed by atoms with Gasteiger partial charge in [-0.2, -0.15) is 0 Å². The van der Waals surface area contributed by atoms with Crippen LogP contribution in [0.1, 0.15) is 35.3 Å². The van der Waals surface area contributed by atoms with Gasteiger partial charge in [-0.25, -0.2) is 4.79 Å². The number of rotatable bonds is 3. The number of hydrogen-bond acceptors (Lipinski definition) is 1. The Morgan fingerprint density at radius 2 is 1.81 bits per heavy atom. The fourth-order valence-corrected chi connectivity index (χ4v) is 3.96. The molecule has 0 aliphatic carbocycles. The molecule has 3 aromatic rings. The Kier molecular flexibility index (Phi) is 4.71. The van der Waals surface area contributed by atoms with Crippen molar-refractivity contribution < 1.29 is 4.79 Å². The van der Waals surface area contributed by atoms with E-state index in [0.29, 0.717) is 6.54 Å². The van der Waals surface area contributed by atoms with Crippen molar-refractivity contribution in [1.29, 1.82) is 0 Å². The average Bonchev–Trinajstić information content (AvgIpc) is 3.17. The zero-order valence-electron chi connectivity index (χ0n) is 15.9. The summed E-state index contributed by atoms with van der Waals surface area (Å²) in [7, 11) is 0. The zero-order valence-corrected chi connectivity index (χ0v) is 15.9. The van der Waals surface area contributed by atoms with Crippen molar-refractivity contribution in [2.24, 2.45) is 0 Å². The summed E-state index contributed by atoms with van der Waals surface area (Å²) in [6, 6.07) is 20.4. The lowest BCUT2D eigenvalue weighted by molar-refractivity contribution is 0.181. The first kappa shape index (κ1) is 17.4. The summed E-state index contributed by atoms with van der Waals surface area (Å²) in [6.07, 6.45) is 2.99. The summed E-state index contributed by atoms with van der Waals surface area (Å²) in [5.74, 6) is 0. The SMILES string of the molecule is CCc1ccccc1NC(=O)N1CCn2cccc2[C@@H]1c1ccccc1C. The number of anilines is 1. The minimum atomic E-state index is -0.0799. The molecule has 0 spiro atoms. The number of urea groups is 1. The second-order valence-corrected chi connectivity index (χ2v) is 7.02. The van der Waals surface area contributed by atoms with Gasteiger partial charge in [0.1, 0.15) is 0 Å². The number of hydrogen-bond donors (Lipinski definition) is 1. The minimum absolute atomic E-state index is 0.0448. The van der Waals surface area contributed by atoms with Crippen molar-refractivity contribution in [2.45, 2.75) is 32.9 Å². The molecule has 0 bridgehead atoms. The molecule has 0 radical (unpaired) electrons. The first-order valence-corrected chi connectivity index (χ1v) is 9.55. The molecule has 2 amide bonds. The molecule has 0 saturated carbocycles. The standard InChI is InChI=1S/C23H25N3O/c1-3-18-10-5-7-12-20(18)24-23(27)26-16-15-25-14-8-13-21(25)22(26)19-11-6-4-9-17(19)2/h4-14,22H,3,15-16H2,1-2H3,(H,24,27)/t22-/m0/s1. The van der Waals surface area contributed by atoms with Gasteiger partial charge in [0, 0.05) is 30.7 Å². The predicted octanol–water partition coefficient (Wildman–Crippen LogP) is 5.00. The zero-order chi connectivity index (χ0) is 18.8. The molecule has 0 saturated heterocycles. The highest BCUT2D eigenvalue weighted by Crippen LogP contribution is 2.34. The molecule has 1 atom stereocenters. The Morgan fingerprint density at radius 1 is 1.04 bits per heavy atom. The monoisotopic (exact) mass is 359 g/mol. The largest absolute Gasteiger partial charge is 0.348 e. The second kappa shape index (κ2) is 7.31. The van der Waals surface area contributed by atoms with E-state index in [-0.39, 0.29) is 12.1 Å². The Hall–Kier alpha value is -3.01. The lowest BCUT2D eigenvalue weighted by atomic mass is 9.96. The molecule has 2 aromatic carbocycles. The van der Waals surface area contributed by atoms with Gasteiger partial charge in [-0.15, -0.1) is 0 Å². The van der Waals surface area contributed by atoms with E-state index >= 15 is 0 Å². The van der Waals surface area contributed by atoms with Gasteiger partial charge in [-0.1, -0.05) is 49.4 Å². The number of carbonyl (C=O) groups is 1. The van der Waals surface area contributed by atoms with Crippen LogP contribution in [0.2, 0.25) is 0 Å². The third kappa shape index (κ3) is 3.23. The minimum Gasteiger partial charge on any atom is -0.348 e. The summed E-state index contributed by atoms with van der Waals surface area (Å²) in [4.78, 5) is 15.2. The fourth-order valence-electron chi connectivity index (χ4n) is 3.96. The van der Waals surface area contributed by atoms with Gasteiger partial charge in [0.2, 0.25) is 0 Å². The van der Waals surface area contributed by atoms with Crippen molar-refractivity contribution in [1.82, 2.24) is 9.47 Å². The highest BCUT2D eigenvalue weighted by molar-refractivity contribution is 5.90. The van der Waals surface area contributed by atoms with E-state index in [0.717, 1.165) is 29.9 Å². The van der Waals surface area contributed by atoms with Crippen molar-refractivity contribution in [3.63, 3.8) is 0 Å². The smallest absolute Gasteiger partial charge is 0.322 e. The number of amides is 2. The molecule has 4 nitrogen and oxygen atoms in total. The topological polar surface area (TPSA) is 37.3 Å². The summed E-state index contributed by atoms with van der Waals surface area (Å²) in [5.41, 5.74) is 5.59. The maximum absolute atomic E-state index is 13.3. The number of carbonyl (C=O) groups excluding carboxylic acids is 1. The van der Waals surface area contributed by atoms with Crippen LogP contribution in [-0.4, -0.2) is 22.0 Å². The van der Waals surface area contributed by atoms with Crippen LogP contribution >= 0.6 is 0 Å². The maximum atomic E-state index is 13.3. The Labute approximate surface area is 160 Å². The van der Waals surface area contributed by atoms with Gasteiger partial charge in [0.15, 0.2) is 0 Å². The van der Waals surface area contributed by atoms with E-state index < -0.39 is 0 Å². The lowest BCUT2D eigenvalue weighted by Crippen LogP contribution is -2.44. The second-order valence-electron chi connectivity index (χ2n) is 7.02. The predicted molar refractivity (Wildman–Crippen MR) is 109 cm³/mol. The van der Waals surface area contributed by atoms with Gasteiger partial charge in [0.05, 0.1) is 6.04 Å². The maximum Gasteiger partial charge on any atom is 0.322 e. The third-order valence-corrected chi connectivity index (χ3v) is 5.42. The molecule has 4 heteroatoms. The molecule has 1 aliphatic rings. The van der Waals surface area contributed by atoms with Crippen molar-refractivity contribution in [3.05, 3.63) is 89.2 Å².